The van der Waals surface area contributed by atoms with E-state index in [1.54, 1.807) is 0 Å². The molecule has 3 rings (SSSR count). The first-order valence-electron chi connectivity index (χ1n) is 7.10. The minimum atomic E-state index is -0.406. The van der Waals surface area contributed by atoms with Gasteiger partial charge in [0.05, 0.1) is 6.10 Å². The fourth-order valence-corrected chi connectivity index (χ4v) is 3.53. The quantitative estimate of drug-likeness (QED) is 0.876. The SMILES string of the molecule is CC1(C)CCCC1C(O)c1cncc2ccccc12. The molecule has 0 amide bonds. The Kier molecular flexibility index (Phi) is 3.06. The summed E-state index contributed by atoms with van der Waals surface area (Å²) in [5.74, 6) is 0.333. The van der Waals surface area contributed by atoms with Crippen LogP contribution in [0.1, 0.15) is 44.8 Å². The van der Waals surface area contributed by atoms with Gasteiger partial charge in [0, 0.05) is 23.3 Å². The van der Waals surface area contributed by atoms with Gasteiger partial charge in [-0.15, -0.1) is 0 Å². The molecule has 1 saturated carbocycles. The summed E-state index contributed by atoms with van der Waals surface area (Å²) in [6, 6.07) is 8.17. The number of hydrogen-bond donors (Lipinski definition) is 1. The molecular formula is C17H21NO. The lowest BCUT2D eigenvalue weighted by Gasteiger charge is -2.31. The number of aromatic nitrogens is 1. The highest BCUT2D eigenvalue weighted by molar-refractivity contribution is 5.84. The van der Waals surface area contributed by atoms with Crippen molar-refractivity contribution in [1.29, 1.82) is 0 Å². The molecule has 0 aliphatic heterocycles. The van der Waals surface area contributed by atoms with Crippen LogP contribution in [0.4, 0.5) is 0 Å². The summed E-state index contributed by atoms with van der Waals surface area (Å²) >= 11 is 0. The van der Waals surface area contributed by atoms with Crippen molar-refractivity contribution in [3.8, 4) is 0 Å². The fourth-order valence-electron chi connectivity index (χ4n) is 3.53. The standard InChI is InChI=1S/C17H21NO/c1-17(2)9-5-8-15(17)16(19)14-11-18-10-12-6-3-4-7-13(12)14/h3-4,6-7,10-11,15-16,19H,5,8-9H2,1-2H3. The van der Waals surface area contributed by atoms with E-state index in [0.717, 1.165) is 22.8 Å². The van der Waals surface area contributed by atoms with Crippen molar-refractivity contribution in [2.24, 2.45) is 11.3 Å². The molecule has 1 aromatic carbocycles. The lowest BCUT2D eigenvalue weighted by atomic mass is 9.76. The lowest BCUT2D eigenvalue weighted by molar-refractivity contribution is 0.0540. The molecule has 0 radical (unpaired) electrons. The number of nitrogens with zero attached hydrogens (tertiary/aromatic N) is 1. The van der Waals surface area contributed by atoms with Crippen LogP contribution in [0.3, 0.4) is 0 Å². The average Bonchev–Trinajstić information content (AvgIpc) is 2.77. The van der Waals surface area contributed by atoms with Gasteiger partial charge in [-0.2, -0.15) is 0 Å². The molecule has 19 heavy (non-hydrogen) atoms. The molecule has 1 aromatic heterocycles. The summed E-state index contributed by atoms with van der Waals surface area (Å²) in [6.07, 6.45) is 6.82. The van der Waals surface area contributed by atoms with E-state index >= 15 is 0 Å². The molecule has 100 valence electrons. The monoisotopic (exact) mass is 255 g/mol. The van der Waals surface area contributed by atoms with Crippen molar-refractivity contribution in [3.63, 3.8) is 0 Å². The van der Waals surface area contributed by atoms with E-state index in [9.17, 15) is 5.11 Å². The molecule has 2 heteroatoms. The van der Waals surface area contributed by atoms with Gasteiger partial charge in [-0.25, -0.2) is 0 Å². The Morgan fingerprint density at radius 3 is 2.79 bits per heavy atom. The highest BCUT2D eigenvalue weighted by atomic mass is 16.3. The van der Waals surface area contributed by atoms with Crippen molar-refractivity contribution in [2.75, 3.05) is 0 Å². The number of fused-ring (bicyclic) bond motifs is 1. The van der Waals surface area contributed by atoms with Gasteiger partial charge in [0.1, 0.15) is 0 Å². The summed E-state index contributed by atoms with van der Waals surface area (Å²) in [5, 5.41) is 13.1. The number of benzene rings is 1. The van der Waals surface area contributed by atoms with Crippen LogP contribution in [0.25, 0.3) is 10.8 Å². The predicted molar refractivity (Wildman–Crippen MR) is 77.8 cm³/mol. The number of aliphatic hydroxyl groups excluding tert-OH is 1. The van der Waals surface area contributed by atoms with Crippen molar-refractivity contribution >= 4 is 10.8 Å². The van der Waals surface area contributed by atoms with Crippen molar-refractivity contribution < 1.29 is 5.11 Å². The molecule has 2 nitrogen and oxygen atoms in total. The third-order valence-corrected chi connectivity index (χ3v) is 4.74. The molecule has 1 aliphatic rings. The van der Waals surface area contributed by atoms with Crippen LogP contribution in [-0.4, -0.2) is 10.1 Å². The van der Waals surface area contributed by atoms with E-state index in [2.05, 4.69) is 31.0 Å². The third-order valence-electron chi connectivity index (χ3n) is 4.74. The molecule has 0 bridgehead atoms. The Morgan fingerprint density at radius 1 is 1.26 bits per heavy atom. The van der Waals surface area contributed by atoms with Crippen molar-refractivity contribution in [2.45, 2.75) is 39.2 Å². The van der Waals surface area contributed by atoms with E-state index in [4.69, 9.17) is 0 Å². The highest BCUT2D eigenvalue weighted by Gasteiger charge is 2.39. The second kappa shape index (κ2) is 4.61. The zero-order valence-corrected chi connectivity index (χ0v) is 11.6. The van der Waals surface area contributed by atoms with Crippen molar-refractivity contribution in [3.05, 3.63) is 42.2 Å². The predicted octanol–water partition coefficient (Wildman–Crippen LogP) is 4.09. The summed E-state index contributed by atoms with van der Waals surface area (Å²) < 4.78 is 0. The summed E-state index contributed by atoms with van der Waals surface area (Å²) in [4.78, 5) is 4.29. The largest absolute Gasteiger partial charge is 0.388 e. The van der Waals surface area contributed by atoms with Crippen LogP contribution in [-0.2, 0) is 0 Å². The summed E-state index contributed by atoms with van der Waals surface area (Å²) in [7, 11) is 0. The second-order valence-electron chi connectivity index (χ2n) is 6.38. The van der Waals surface area contributed by atoms with Crippen molar-refractivity contribution in [1.82, 2.24) is 4.98 Å². The van der Waals surface area contributed by atoms with Gasteiger partial charge in [-0.05, 0) is 29.6 Å². The smallest absolute Gasteiger partial charge is 0.0844 e. The van der Waals surface area contributed by atoms with Gasteiger partial charge in [0.25, 0.3) is 0 Å². The number of aliphatic hydroxyl groups is 1. The van der Waals surface area contributed by atoms with Gasteiger partial charge in [0.2, 0.25) is 0 Å². The molecule has 2 unspecified atom stereocenters. The van der Waals surface area contributed by atoms with E-state index in [1.165, 1.54) is 12.8 Å². The maximum Gasteiger partial charge on any atom is 0.0844 e. The van der Waals surface area contributed by atoms with E-state index in [1.807, 2.05) is 24.5 Å². The lowest BCUT2D eigenvalue weighted by Crippen LogP contribution is -2.24. The van der Waals surface area contributed by atoms with Crippen LogP contribution in [0, 0.1) is 11.3 Å². The van der Waals surface area contributed by atoms with Gasteiger partial charge < -0.3 is 5.11 Å². The van der Waals surface area contributed by atoms with Crippen LogP contribution >= 0.6 is 0 Å². The minimum absolute atomic E-state index is 0.219. The molecule has 0 saturated heterocycles. The number of rotatable bonds is 2. The topological polar surface area (TPSA) is 33.1 Å². The maximum atomic E-state index is 10.8. The molecule has 1 heterocycles. The first-order chi connectivity index (χ1) is 9.09. The first-order valence-corrected chi connectivity index (χ1v) is 7.10. The van der Waals surface area contributed by atoms with Gasteiger partial charge in [-0.1, -0.05) is 44.5 Å². The highest BCUT2D eigenvalue weighted by Crippen LogP contribution is 2.49. The number of hydrogen-bond acceptors (Lipinski definition) is 2. The third kappa shape index (κ3) is 2.14. The Labute approximate surface area is 114 Å². The first kappa shape index (κ1) is 12.6. The van der Waals surface area contributed by atoms with Crippen LogP contribution in [0.2, 0.25) is 0 Å². The zero-order valence-electron chi connectivity index (χ0n) is 11.6. The molecular weight excluding hydrogens is 234 g/mol. The van der Waals surface area contributed by atoms with E-state index < -0.39 is 6.10 Å². The molecule has 1 fully saturated rings. The molecule has 0 spiro atoms. The van der Waals surface area contributed by atoms with Crippen LogP contribution in [0.5, 0.6) is 0 Å². The maximum absolute atomic E-state index is 10.8. The second-order valence-corrected chi connectivity index (χ2v) is 6.38. The Bertz CT molecular complexity index is 585. The summed E-state index contributed by atoms with van der Waals surface area (Å²) in [6.45, 7) is 4.54. The molecule has 1 aliphatic carbocycles. The zero-order chi connectivity index (χ0) is 13.5. The molecule has 1 N–H and O–H groups in total. The average molecular weight is 255 g/mol. The molecule has 2 aromatic rings. The van der Waals surface area contributed by atoms with Crippen LogP contribution in [0.15, 0.2) is 36.7 Å². The van der Waals surface area contributed by atoms with E-state index in [-0.39, 0.29) is 5.41 Å². The molecule has 2 atom stereocenters. The Hall–Kier alpha value is -1.41. The van der Waals surface area contributed by atoms with Gasteiger partial charge >= 0.3 is 0 Å². The van der Waals surface area contributed by atoms with Crippen LogP contribution < -0.4 is 0 Å². The van der Waals surface area contributed by atoms with E-state index in [0.29, 0.717) is 5.92 Å². The Balaban J connectivity index is 2.04. The fraction of sp³-hybridized carbons (Fsp3) is 0.471. The van der Waals surface area contributed by atoms with Gasteiger partial charge in [-0.3, -0.25) is 4.98 Å². The summed E-state index contributed by atoms with van der Waals surface area (Å²) in [5.41, 5.74) is 1.20. The Morgan fingerprint density at radius 2 is 2.05 bits per heavy atom. The number of pyridine rings is 1. The van der Waals surface area contributed by atoms with Gasteiger partial charge in [0.15, 0.2) is 0 Å². The minimum Gasteiger partial charge on any atom is -0.388 e. The normalized spacial score (nSPS) is 23.6.